The van der Waals surface area contributed by atoms with Gasteiger partial charge in [-0.15, -0.1) is 0 Å². The maximum Gasteiger partial charge on any atom is 0.115 e. The zero-order chi connectivity index (χ0) is 12.7. The number of phenolic OH excluding ortho intramolecular Hbond substituents is 2. The Labute approximate surface area is 109 Å². The minimum absolute atomic E-state index is 0.247. The molecule has 0 aromatic heterocycles. The van der Waals surface area contributed by atoms with Gasteiger partial charge in [0.15, 0.2) is 0 Å². The predicted molar refractivity (Wildman–Crippen MR) is 73.8 cm³/mol. The van der Waals surface area contributed by atoms with Gasteiger partial charge in [-0.05, 0) is 35.4 Å². The van der Waals surface area contributed by atoms with Crippen molar-refractivity contribution in [1.82, 2.24) is 0 Å². The molecular weight excluding hydrogens is 244 g/mol. The van der Waals surface area contributed by atoms with E-state index in [1.165, 1.54) is 0 Å². The number of hydrogen-bond donors (Lipinski definition) is 2. The molecule has 0 bridgehead atoms. The molecule has 0 saturated carbocycles. The molecule has 0 radical (unpaired) electrons. The summed E-state index contributed by atoms with van der Waals surface area (Å²) in [5.74, 6) is 0.495. The summed E-state index contributed by atoms with van der Waals surface area (Å²) in [6, 6.07) is 14.0. The predicted octanol–water partition coefficient (Wildman–Crippen LogP) is 4.04. The summed E-state index contributed by atoms with van der Waals surface area (Å²) in [6.45, 7) is 0. The van der Waals surface area contributed by atoms with Crippen LogP contribution in [-0.2, 0) is 0 Å². The first-order chi connectivity index (χ1) is 8.66. The third-order valence-corrected chi connectivity index (χ3v) is 3.36. The van der Waals surface area contributed by atoms with E-state index < -0.39 is 0 Å². The molecule has 3 rings (SSSR count). The van der Waals surface area contributed by atoms with E-state index in [2.05, 4.69) is 0 Å². The van der Waals surface area contributed by atoms with Crippen molar-refractivity contribution in [2.24, 2.45) is 0 Å². The quantitative estimate of drug-likeness (QED) is 0.678. The van der Waals surface area contributed by atoms with E-state index >= 15 is 0 Å². The van der Waals surface area contributed by atoms with Crippen LogP contribution in [0.1, 0.15) is 0 Å². The van der Waals surface area contributed by atoms with Crippen LogP contribution in [0, 0.1) is 4.51 Å². The van der Waals surface area contributed by atoms with Crippen LogP contribution in [0.25, 0.3) is 22.3 Å². The third-order valence-electron chi connectivity index (χ3n) is 2.95. The van der Waals surface area contributed by atoms with Crippen LogP contribution < -0.4 is 0 Å². The Morgan fingerprint density at radius 1 is 0.611 bits per heavy atom. The lowest BCUT2D eigenvalue weighted by Crippen LogP contribution is -1.70. The van der Waals surface area contributed by atoms with Crippen molar-refractivity contribution in [3.63, 3.8) is 0 Å². The fourth-order valence-corrected chi connectivity index (χ4v) is 2.37. The maximum absolute atomic E-state index is 9.26. The second kappa shape index (κ2) is 3.96. The van der Waals surface area contributed by atoms with Crippen LogP contribution in [-0.4, -0.2) is 10.2 Å². The molecule has 2 nitrogen and oxygen atoms in total. The minimum Gasteiger partial charge on any atom is -0.508 e. The van der Waals surface area contributed by atoms with Crippen molar-refractivity contribution in [3.05, 3.63) is 53.0 Å². The first kappa shape index (κ1) is 11.0. The molecule has 0 saturated heterocycles. The van der Waals surface area contributed by atoms with Gasteiger partial charge in [0.2, 0.25) is 0 Å². The van der Waals surface area contributed by atoms with Gasteiger partial charge in [0.25, 0.3) is 0 Å². The smallest absolute Gasteiger partial charge is 0.115 e. The van der Waals surface area contributed by atoms with Gasteiger partial charge >= 0.3 is 0 Å². The zero-order valence-corrected chi connectivity index (χ0v) is 10.2. The molecule has 3 heteroatoms. The largest absolute Gasteiger partial charge is 0.508 e. The second-order valence-electron chi connectivity index (χ2n) is 4.17. The summed E-state index contributed by atoms with van der Waals surface area (Å²) in [5, 5.41) is 18.5. The van der Waals surface area contributed by atoms with Crippen molar-refractivity contribution in [3.8, 4) is 33.8 Å². The van der Waals surface area contributed by atoms with Gasteiger partial charge in [0.05, 0.1) is 4.51 Å². The van der Waals surface area contributed by atoms with Gasteiger partial charge in [-0.25, -0.2) is 0 Å². The van der Waals surface area contributed by atoms with Crippen molar-refractivity contribution in [1.29, 1.82) is 0 Å². The van der Waals surface area contributed by atoms with Crippen LogP contribution in [0.2, 0.25) is 0 Å². The van der Waals surface area contributed by atoms with Crippen molar-refractivity contribution >= 4 is 12.2 Å². The summed E-state index contributed by atoms with van der Waals surface area (Å²) in [5.41, 5.74) is 4.13. The van der Waals surface area contributed by atoms with Gasteiger partial charge in [-0.1, -0.05) is 36.5 Å². The molecule has 0 aliphatic carbocycles. The van der Waals surface area contributed by atoms with E-state index in [0.717, 1.165) is 26.8 Å². The number of rotatable bonds is 2. The highest BCUT2D eigenvalue weighted by Crippen LogP contribution is 2.44. The molecule has 2 N–H and O–H groups in total. The van der Waals surface area contributed by atoms with Gasteiger partial charge in [0.1, 0.15) is 11.5 Å². The van der Waals surface area contributed by atoms with Gasteiger partial charge < -0.3 is 10.2 Å². The highest BCUT2D eigenvalue weighted by molar-refractivity contribution is 7.72. The molecule has 0 fully saturated rings. The Kier molecular flexibility index (Phi) is 2.42. The summed E-state index contributed by atoms with van der Waals surface area (Å²) >= 11 is 5.32. The number of benzene rings is 2. The number of phenols is 2. The first-order valence-electron chi connectivity index (χ1n) is 5.54. The van der Waals surface area contributed by atoms with Gasteiger partial charge in [0, 0.05) is 11.1 Å². The molecule has 0 heterocycles. The Bertz CT molecular complexity index is 641. The number of hydrogen-bond acceptors (Lipinski definition) is 3. The Balaban J connectivity index is 2.00. The van der Waals surface area contributed by atoms with Crippen molar-refractivity contribution < 1.29 is 10.2 Å². The number of aromatic hydroxyl groups is 2. The molecule has 0 aliphatic rings. The Hall–Kier alpha value is -2.13. The topological polar surface area (TPSA) is 40.5 Å². The van der Waals surface area contributed by atoms with E-state index in [9.17, 15) is 10.2 Å². The normalized spacial score (nSPS) is 10.9. The molecule has 0 spiro atoms. The molecule has 3 aromatic rings. The maximum atomic E-state index is 9.26. The van der Waals surface area contributed by atoms with Crippen molar-refractivity contribution in [2.75, 3.05) is 0 Å². The Morgan fingerprint density at radius 3 is 1.28 bits per heavy atom. The van der Waals surface area contributed by atoms with Crippen LogP contribution >= 0.6 is 12.2 Å². The lowest BCUT2D eigenvalue weighted by molar-refractivity contribution is 0.475. The first-order valence-corrected chi connectivity index (χ1v) is 5.95. The van der Waals surface area contributed by atoms with Gasteiger partial charge in [-0.3, -0.25) is 0 Å². The molecular formula is C15H10O2S. The molecule has 0 atom stereocenters. The van der Waals surface area contributed by atoms with Gasteiger partial charge in [-0.2, -0.15) is 0 Å². The molecule has 0 unspecified atom stereocenters. The highest BCUT2D eigenvalue weighted by atomic mass is 32.1. The fraction of sp³-hybridized carbons (Fsp3) is 0. The minimum atomic E-state index is 0.247. The molecule has 88 valence electrons. The monoisotopic (exact) mass is 254 g/mol. The fourth-order valence-electron chi connectivity index (χ4n) is 1.98. The molecule has 0 aliphatic heterocycles. The summed E-state index contributed by atoms with van der Waals surface area (Å²) in [6.07, 6.45) is 0. The molecule has 0 amide bonds. The lowest BCUT2D eigenvalue weighted by Gasteiger charge is -1.96. The zero-order valence-electron chi connectivity index (χ0n) is 9.42. The van der Waals surface area contributed by atoms with E-state index in [0.29, 0.717) is 0 Å². The van der Waals surface area contributed by atoms with Crippen LogP contribution in [0.3, 0.4) is 0 Å². The molecule has 18 heavy (non-hydrogen) atoms. The second-order valence-corrected chi connectivity index (χ2v) is 4.58. The van der Waals surface area contributed by atoms with E-state index in [1.807, 2.05) is 24.3 Å². The van der Waals surface area contributed by atoms with E-state index in [1.54, 1.807) is 24.3 Å². The summed E-state index contributed by atoms with van der Waals surface area (Å²) in [7, 11) is 0. The average Bonchev–Trinajstić information content (AvgIpc) is 3.03. The Morgan fingerprint density at radius 2 is 0.944 bits per heavy atom. The van der Waals surface area contributed by atoms with E-state index in [4.69, 9.17) is 12.2 Å². The standard InChI is InChI=1S/C15H10O2S/c16-11-5-1-9(2-6-11)13-14(15(13)18)10-3-7-12(17)8-4-10/h1-8,16-17H. The SMILES string of the molecule is Oc1ccc(-c2c(-c3ccc(O)cc3)c2=S)cc1. The van der Waals surface area contributed by atoms with Crippen LogP contribution in [0.5, 0.6) is 11.5 Å². The summed E-state index contributed by atoms with van der Waals surface area (Å²) < 4.78 is 0.853. The highest BCUT2D eigenvalue weighted by Gasteiger charge is 2.21. The average molecular weight is 254 g/mol. The van der Waals surface area contributed by atoms with Crippen LogP contribution in [0.15, 0.2) is 48.5 Å². The third kappa shape index (κ3) is 1.79. The lowest BCUT2D eigenvalue weighted by atomic mass is 10.1. The summed E-state index contributed by atoms with van der Waals surface area (Å²) in [4.78, 5) is 0. The molecule has 3 aromatic carbocycles. The van der Waals surface area contributed by atoms with Crippen LogP contribution in [0.4, 0.5) is 0 Å². The van der Waals surface area contributed by atoms with E-state index in [-0.39, 0.29) is 11.5 Å². The van der Waals surface area contributed by atoms with Crippen molar-refractivity contribution in [2.45, 2.75) is 0 Å².